The maximum atomic E-state index is 13.7. The number of hydrogen-bond donors (Lipinski definition) is 0. The topological polar surface area (TPSA) is 79.8 Å². The van der Waals surface area contributed by atoms with Gasteiger partial charge in [0.25, 0.3) is 10.0 Å². The standard InChI is InChI=1S/C21H20FN3O4S/c22-17-4-6-18(7-5-17)25(15-21(26)24-10-12-29-13-11-24)30(27,28)20-3-1-2-16-14-23-9-8-19(16)20/h1-9,14H,10-13,15H2. The normalized spacial score (nSPS) is 14.6. The second-order valence-electron chi connectivity index (χ2n) is 6.83. The minimum absolute atomic E-state index is 0.0569. The Kier molecular flexibility index (Phi) is 5.65. The number of nitrogens with zero attached hydrogens (tertiary/aromatic N) is 3. The maximum absolute atomic E-state index is 13.7. The van der Waals surface area contributed by atoms with E-state index >= 15 is 0 Å². The third-order valence-corrected chi connectivity index (χ3v) is 6.80. The molecule has 1 aromatic heterocycles. The van der Waals surface area contributed by atoms with Crippen molar-refractivity contribution in [2.45, 2.75) is 4.90 Å². The van der Waals surface area contributed by atoms with Crippen molar-refractivity contribution in [3.05, 3.63) is 66.7 Å². The van der Waals surface area contributed by atoms with Gasteiger partial charge in [0.2, 0.25) is 5.91 Å². The smallest absolute Gasteiger partial charge is 0.265 e. The SMILES string of the molecule is O=C(CN(c1ccc(F)cc1)S(=O)(=O)c1cccc2cnccc12)N1CCOCC1. The summed E-state index contributed by atoms with van der Waals surface area (Å²) in [7, 11) is -4.12. The first-order valence-corrected chi connectivity index (χ1v) is 10.9. The molecule has 0 saturated carbocycles. The average molecular weight is 429 g/mol. The minimum atomic E-state index is -4.12. The Balaban J connectivity index is 1.77. The lowest BCUT2D eigenvalue weighted by Crippen LogP contribution is -2.47. The highest BCUT2D eigenvalue weighted by Gasteiger charge is 2.30. The van der Waals surface area contributed by atoms with E-state index in [1.807, 2.05) is 0 Å². The lowest BCUT2D eigenvalue weighted by atomic mass is 10.2. The summed E-state index contributed by atoms with van der Waals surface area (Å²) in [5.74, 6) is -0.833. The number of carbonyl (C=O) groups is 1. The summed E-state index contributed by atoms with van der Waals surface area (Å²) in [5, 5.41) is 1.16. The van der Waals surface area contributed by atoms with Crippen molar-refractivity contribution in [3.63, 3.8) is 0 Å². The molecule has 3 aromatic rings. The van der Waals surface area contributed by atoms with E-state index in [4.69, 9.17) is 4.74 Å². The Morgan fingerprint density at radius 3 is 2.57 bits per heavy atom. The van der Waals surface area contributed by atoms with Gasteiger partial charge in [0.1, 0.15) is 12.4 Å². The summed E-state index contributed by atoms with van der Waals surface area (Å²) in [4.78, 5) is 18.5. The number of carbonyl (C=O) groups excluding carboxylic acids is 1. The molecule has 1 fully saturated rings. The van der Waals surface area contributed by atoms with Crippen LogP contribution in [0.1, 0.15) is 0 Å². The van der Waals surface area contributed by atoms with E-state index in [0.717, 1.165) is 4.31 Å². The summed E-state index contributed by atoms with van der Waals surface area (Å²) in [6.45, 7) is 1.22. The summed E-state index contributed by atoms with van der Waals surface area (Å²) < 4.78 is 47.1. The van der Waals surface area contributed by atoms with Gasteiger partial charge in [-0.2, -0.15) is 0 Å². The minimum Gasteiger partial charge on any atom is -0.378 e. The number of amides is 1. The van der Waals surface area contributed by atoms with Crippen LogP contribution < -0.4 is 4.31 Å². The molecule has 0 radical (unpaired) electrons. The third-order valence-electron chi connectivity index (χ3n) is 4.97. The van der Waals surface area contributed by atoms with Crippen LogP contribution in [0.15, 0.2) is 65.8 Å². The van der Waals surface area contributed by atoms with Crippen LogP contribution in [0, 0.1) is 5.82 Å². The number of benzene rings is 2. The number of anilines is 1. The lowest BCUT2D eigenvalue weighted by molar-refractivity contribution is -0.133. The molecule has 0 N–H and O–H groups in total. The molecule has 1 saturated heterocycles. The van der Waals surface area contributed by atoms with E-state index in [9.17, 15) is 17.6 Å². The summed E-state index contributed by atoms with van der Waals surface area (Å²) in [6, 6.07) is 11.6. The number of aromatic nitrogens is 1. The van der Waals surface area contributed by atoms with Gasteiger partial charge < -0.3 is 9.64 Å². The molecule has 1 amide bonds. The Morgan fingerprint density at radius 1 is 1.10 bits per heavy atom. The Morgan fingerprint density at radius 2 is 1.83 bits per heavy atom. The molecule has 1 aliphatic rings. The molecule has 9 heteroatoms. The molecular formula is C21H20FN3O4S. The molecule has 2 heterocycles. The molecule has 0 aliphatic carbocycles. The summed E-state index contributed by atoms with van der Waals surface area (Å²) >= 11 is 0. The number of rotatable bonds is 5. The van der Waals surface area contributed by atoms with Crippen LogP contribution in [0.5, 0.6) is 0 Å². The maximum Gasteiger partial charge on any atom is 0.265 e. The lowest BCUT2D eigenvalue weighted by Gasteiger charge is -2.30. The average Bonchev–Trinajstić information content (AvgIpc) is 2.78. The zero-order valence-electron chi connectivity index (χ0n) is 16.1. The van der Waals surface area contributed by atoms with Gasteiger partial charge in [0.15, 0.2) is 0 Å². The van der Waals surface area contributed by atoms with Gasteiger partial charge in [-0.3, -0.25) is 14.1 Å². The number of hydrogen-bond acceptors (Lipinski definition) is 5. The molecule has 0 spiro atoms. The fraction of sp³-hybridized carbons (Fsp3) is 0.238. The van der Waals surface area contributed by atoms with Gasteiger partial charge in [0, 0.05) is 36.3 Å². The highest BCUT2D eigenvalue weighted by molar-refractivity contribution is 7.93. The number of ether oxygens (including phenoxy) is 1. The second-order valence-corrected chi connectivity index (χ2v) is 8.66. The third kappa shape index (κ3) is 3.99. The van der Waals surface area contributed by atoms with Crippen LogP contribution in [0.2, 0.25) is 0 Å². The van der Waals surface area contributed by atoms with E-state index in [0.29, 0.717) is 37.1 Å². The second kappa shape index (κ2) is 8.37. The van der Waals surface area contributed by atoms with Crippen LogP contribution in [0.3, 0.4) is 0 Å². The zero-order chi connectivity index (χ0) is 21.1. The molecule has 156 valence electrons. The Labute approximate surface area is 173 Å². The largest absolute Gasteiger partial charge is 0.378 e. The van der Waals surface area contributed by atoms with Crippen molar-refractivity contribution >= 4 is 32.4 Å². The number of fused-ring (bicyclic) bond motifs is 1. The van der Waals surface area contributed by atoms with E-state index < -0.39 is 22.4 Å². The molecular weight excluding hydrogens is 409 g/mol. The van der Waals surface area contributed by atoms with E-state index in [1.165, 1.54) is 36.5 Å². The van der Waals surface area contributed by atoms with E-state index in [1.54, 1.807) is 29.3 Å². The Bertz CT molecular complexity index is 1160. The molecule has 0 unspecified atom stereocenters. The van der Waals surface area contributed by atoms with Crippen LogP contribution >= 0.6 is 0 Å². The summed E-state index contributed by atoms with van der Waals surface area (Å²) in [5.41, 5.74) is 0.212. The molecule has 7 nitrogen and oxygen atoms in total. The first-order valence-electron chi connectivity index (χ1n) is 9.43. The van der Waals surface area contributed by atoms with Crippen LogP contribution in [-0.4, -0.2) is 57.1 Å². The number of halogens is 1. The van der Waals surface area contributed by atoms with Crippen molar-refractivity contribution in [1.82, 2.24) is 9.88 Å². The molecule has 1 aliphatic heterocycles. The fourth-order valence-corrected chi connectivity index (χ4v) is 5.03. The van der Waals surface area contributed by atoms with Crippen LogP contribution in [-0.2, 0) is 19.6 Å². The predicted octanol–water partition coefficient (Wildman–Crippen LogP) is 2.43. The van der Waals surface area contributed by atoms with Crippen molar-refractivity contribution < 1.29 is 22.3 Å². The quantitative estimate of drug-likeness (QED) is 0.622. The van der Waals surface area contributed by atoms with Gasteiger partial charge in [-0.05, 0) is 36.4 Å². The first-order chi connectivity index (χ1) is 14.5. The molecule has 0 atom stereocenters. The molecule has 4 rings (SSSR count). The first kappa shape index (κ1) is 20.2. The summed E-state index contributed by atoms with van der Waals surface area (Å²) in [6.07, 6.45) is 3.10. The van der Waals surface area contributed by atoms with E-state index in [2.05, 4.69) is 4.98 Å². The number of morpholine rings is 1. The monoisotopic (exact) mass is 429 g/mol. The molecule has 30 heavy (non-hydrogen) atoms. The number of pyridine rings is 1. The van der Waals surface area contributed by atoms with Crippen molar-refractivity contribution in [2.75, 3.05) is 37.2 Å². The van der Waals surface area contributed by atoms with Gasteiger partial charge in [0.05, 0.1) is 23.8 Å². The van der Waals surface area contributed by atoms with Gasteiger partial charge in [-0.25, -0.2) is 12.8 Å². The highest BCUT2D eigenvalue weighted by atomic mass is 32.2. The molecule has 2 aromatic carbocycles. The van der Waals surface area contributed by atoms with Crippen molar-refractivity contribution in [3.8, 4) is 0 Å². The number of sulfonamides is 1. The predicted molar refractivity (Wildman–Crippen MR) is 110 cm³/mol. The molecule has 0 bridgehead atoms. The van der Waals surface area contributed by atoms with Crippen LogP contribution in [0.4, 0.5) is 10.1 Å². The van der Waals surface area contributed by atoms with Crippen LogP contribution in [0.25, 0.3) is 10.8 Å². The Hall–Kier alpha value is -3.04. The van der Waals surface area contributed by atoms with Gasteiger partial charge in [-0.1, -0.05) is 12.1 Å². The fourth-order valence-electron chi connectivity index (χ4n) is 3.39. The van der Waals surface area contributed by atoms with Crippen molar-refractivity contribution in [1.29, 1.82) is 0 Å². The van der Waals surface area contributed by atoms with E-state index in [-0.39, 0.29) is 16.5 Å². The highest BCUT2D eigenvalue weighted by Crippen LogP contribution is 2.29. The van der Waals surface area contributed by atoms with Gasteiger partial charge in [-0.15, -0.1) is 0 Å². The zero-order valence-corrected chi connectivity index (χ0v) is 16.9. The van der Waals surface area contributed by atoms with Crippen molar-refractivity contribution in [2.24, 2.45) is 0 Å². The van der Waals surface area contributed by atoms with Gasteiger partial charge >= 0.3 is 0 Å².